The quantitative estimate of drug-likeness (QED) is 0.508. The minimum absolute atomic E-state index is 0.127. The van der Waals surface area contributed by atoms with Gasteiger partial charge < -0.3 is 15.7 Å². The number of imide groups is 1. The van der Waals surface area contributed by atoms with Crippen LogP contribution < -0.4 is 10.6 Å². The van der Waals surface area contributed by atoms with Gasteiger partial charge in [-0.15, -0.1) is 0 Å². The molecular weight excluding hydrogens is 354 g/mol. The first-order chi connectivity index (χ1) is 10.5. The Kier molecular flexibility index (Phi) is 5.51. The summed E-state index contributed by atoms with van der Waals surface area (Å²) < 4.78 is 0.747. The third-order valence-corrected chi connectivity index (χ3v) is 3.67. The lowest BCUT2D eigenvalue weighted by atomic mass is 10.1. The first-order valence-corrected chi connectivity index (χ1v) is 7.62. The van der Waals surface area contributed by atoms with E-state index in [0.717, 1.165) is 4.47 Å². The molecule has 22 heavy (non-hydrogen) atoms. The molecular formula is C14H16BrN3O4. The van der Waals surface area contributed by atoms with E-state index in [9.17, 15) is 14.4 Å². The molecule has 1 heterocycles. The summed E-state index contributed by atoms with van der Waals surface area (Å²) in [6, 6.07) is 4.59. The summed E-state index contributed by atoms with van der Waals surface area (Å²) in [4.78, 5) is 36.8. The van der Waals surface area contributed by atoms with Crippen LogP contribution in [-0.2, 0) is 0 Å². The number of rotatable bonds is 6. The largest absolute Gasteiger partial charge is 0.395 e. The minimum Gasteiger partial charge on any atom is -0.395 e. The zero-order chi connectivity index (χ0) is 16.1. The van der Waals surface area contributed by atoms with Crippen molar-refractivity contribution in [1.82, 2.24) is 15.5 Å². The van der Waals surface area contributed by atoms with Crippen LogP contribution >= 0.6 is 15.9 Å². The summed E-state index contributed by atoms with van der Waals surface area (Å²) in [7, 11) is 0. The van der Waals surface area contributed by atoms with Gasteiger partial charge in [-0.1, -0.05) is 15.9 Å². The number of nitrogens with zero attached hydrogens (tertiary/aromatic N) is 1. The first-order valence-electron chi connectivity index (χ1n) is 6.83. The molecule has 1 aliphatic heterocycles. The van der Waals surface area contributed by atoms with E-state index in [1.165, 1.54) is 4.90 Å². The van der Waals surface area contributed by atoms with Crippen LogP contribution in [0.3, 0.4) is 0 Å². The average molecular weight is 370 g/mol. The number of fused-ring (bicyclic) bond motifs is 1. The highest BCUT2D eigenvalue weighted by Crippen LogP contribution is 2.25. The third kappa shape index (κ3) is 3.63. The standard InChI is InChI=1S/C14H16BrN3O4/c15-9-2-3-10-11(8-9)13(21)18(12(10)20)6-1-4-16-14(22)17-5-7-19/h2-3,8,19H,1,4-7H2,(H2,16,17,22). The summed E-state index contributed by atoms with van der Waals surface area (Å²) in [5.41, 5.74) is 0.801. The van der Waals surface area contributed by atoms with E-state index in [0.29, 0.717) is 24.1 Å². The highest BCUT2D eigenvalue weighted by Gasteiger charge is 2.34. The van der Waals surface area contributed by atoms with E-state index in [-0.39, 0.29) is 37.5 Å². The number of aliphatic hydroxyl groups excluding tert-OH is 1. The van der Waals surface area contributed by atoms with Crippen LogP contribution in [0.5, 0.6) is 0 Å². The molecule has 0 bridgehead atoms. The fraction of sp³-hybridized carbons (Fsp3) is 0.357. The van der Waals surface area contributed by atoms with Crippen LogP contribution in [0.2, 0.25) is 0 Å². The van der Waals surface area contributed by atoms with Crippen molar-refractivity contribution in [2.45, 2.75) is 6.42 Å². The second-order valence-corrected chi connectivity index (χ2v) is 5.63. The highest BCUT2D eigenvalue weighted by atomic mass is 79.9. The lowest BCUT2D eigenvalue weighted by Crippen LogP contribution is -2.39. The van der Waals surface area contributed by atoms with Gasteiger partial charge in [0.15, 0.2) is 0 Å². The van der Waals surface area contributed by atoms with Crippen molar-refractivity contribution in [3.63, 3.8) is 0 Å². The Balaban J connectivity index is 1.84. The molecule has 4 amide bonds. The van der Waals surface area contributed by atoms with Crippen LogP contribution in [0, 0.1) is 0 Å². The van der Waals surface area contributed by atoms with Gasteiger partial charge in [0.1, 0.15) is 0 Å². The number of nitrogens with one attached hydrogen (secondary N) is 2. The van der Waals surface area contributed by atoms with Crippen molar-refractivity contribution in [3.8, 4) is 0 Å². The predicted octanol–water partition coefficient (Wildman–Crippen LogP) is 0.727. The molecule has 0 saturated carbocycles. The van der Waals surface area contributed by atoms with Gasteiger partial charge in [0.2, 0.25) is 0 Å². The topological polar surface area (TPSA) is 98.7 Å². The van der Waals surface area contributed by atoms with Crippen molar-refractivity contribution in [1.29, 1.82) is 0 Å². The first kappa shape index (κ1) is 16.4. The van der Waals surface area contributed by atoms with Gasteiger partial charge in [-0.3, -0.25) is 14.5 Å². The second kappa shape index (κ2) is 7.37. The predicted molar refractivity (Wildman–Crippen MR) is 82.6 cm³/mol. The minimum atomic E-state index is -0.389. The van der Waals surface area contributed by atoms with Gasteiger partial charge in [0, 0.05) is 24.1 Å². The average Bonchev–Trinajstić information content (AvgIpc) is 2.73. The third-order valence-electron chi connectivity index (χ3n) is 3.17. The van der Waals surface area contributed by atoms with Crippen molar-refractivity contribution in [3.05, 3.63) is 33.8 Å². The number of aliphatic hydroxyl groups is 1. The van der Waals surface area contributed by atoms with Gasteiger partial charge in [-0.05, 0) is 24.6 Å². The van der Waals surface area contributed by atoms with Gasteiger partial charge in [0.25, 0.3) is 11.8 Å². The number of urea groups is 1. The fourth-order valence-corrected chi connectivity index (χ4v) is 2.50. The molecule has 1 aromatic rings. The Bertz CT molecular complexity index is 606. The Morgan fingerprint density at radius 1 is 1.14 bits per heavy atom. The molecule has 0 saturated heterocycles. The summed E-state index contributed by atoms with van der Waals surface area (Å²) in [5.74, 6) is -0.622. The molecule has 0 atom stereocenters. The van der Waals surface area contributed by atoms with Crippen molar-refractivity contribution >= 4 is 33.8 Å². The SMILES string of the molecule is O=C(NCCO)NCCCN1C(=O)c2ccc(Br)cc2C1=O. The van der Waals surface area contributed by atoms with E-state index in [4.69, 9.17) is 5.11 Å². The number of carbonyl (C=O) groups excluding carboxylic acids is 3. The Morgan fingerprint density at radius 2 is 1.82 bits per heavy atom. The van der Waals surface area contributed by atoms with E-state index >= 15 is 0 Å². The monoisotopic (exact) mass is 369 g/mol. The van der Waals surface area contributed by atoms with Crippen LogP contribution in [0.25, 0.3) is 0 Å². The zero-order valence-electron chi connectivity index (χ0n) is 11.8. The number of hydrogen-bond acceptors (Lipinski definition) is 4. The van der Waals surface area contributed by atoms with E-state index in [1.54, 1.807) is 18.2 Å². The molecule has 1 aromatic carbocycles. The summed E-state index contributed by atoms with van der Waals surface area (Å²) in [6.07, 6.45) is 0.458. The number of carbonyl (C=O) groups is 3. The number of halogens is 1. The summed E-state index contributed by atoms with van der Waals surface area (Å²) in [6.45, 7) is 0.621. The van der Waals surface area contributed by atoms with E-state index in [2.05, 4.69) is 26.6 Å². The highest BCUT2D eigenvalue weighted by molar-refractivity contribution is 9.10. The molecule has 0 aliphatic carbocycles. The van der Waals surface area contributed by atoms with E-state index in [1.807, 2.05) is 0 Å². The lowest BCUT2D eigenvalue weighted by Gasteiger charge is -2.14. The maximum absolute atomic E-state index is 12.2. The maximum atomic E-state index is 12.2. The van der Waals surface area contributed by atoms with Gasteiger partial charge in [-0.25, -0.2) is 4.79 Å². The summed E-state index contributed by atoms with van der Waals surface area (Å²) in [5, 5.41) is 13.6. The second-order valence-electron chi connectivity index (χ2n) is 4.71. The van der Waals surface area contributed by atoms with Crippen LogP contribution in [0.4, 0.5) is 4.79 Å². The molecule has 3 N–H and O–H groups in total. The molecule has 0 fully saturated rings. The normalized spacial score (nSPS) is 13.3. The smallest absolute Gasteiger partial charge is 0.314 e. The number of benzene rings is 1. The van der Waals surface area contributed by atoms with Crippen molar-refractivity contribution in [2.75, 3.05) is 26.2 Å². The molecule has 8 heteroatoms. The number of hydrogen-bond donors (Lipinski definition) is 3. The van der Waals surface area contributed by atoms with Crippen LogP contribution in [0.1, 0.15) is 27.1 Å². The molecule has 0 aromatic heterocycles. The van der Waals surface area contributed by atoms with Gasteiger partial charge >= 0.3 is 6.03 Å². The molecule has 7 nitrogen and oxygen atoms in total. The molecule has 0 unspecified atom stereocenters. The Hall–Kier alpha value is -1.93. The van der Waals surface area contributed by atoms with Gasteiger partial charge in [0.05, 0.1) is 17.7 Å². The maximum Gasteiger partial charge on any atom is 0.314 e. The molecule has 0 spiro atoms. The lowest BCUT2D eigenvalue weighted by molar-refractivity contribution is 0.0653. The fourth-order valence-electron chi connectivity index (χ4n) is 2.14. The Labute approximate surface area is 135 Å². The molecule has 2 rings (SSSR count). The Morgan fingerprint density at radius 3 is 2.55 bits per heavy atom. The molecule has 1 aliphatic rings. The molecule has 118 valence electrons. The summed E-state index contributed by atoms with van der Waals surface area (Å²) >= 11 is 3.28. The van der Waals surface area contributed by atoms with Crippen molar-refractivity contribution < 1.29 is 19.5 Å². The number of amides is 4. The van der Waals surface area contributed by atoms with Gasteiger partial charge in [-0.2, -0.15) is 0 Å². The van der Waals surface area contributed by atoms with E-state index < -0.39 is 0 Å². The van der Waals surface area contributed by atoms with Crippen molar-refractivity contribution in [2.24, 2.45) is 0 Å². The van der Waals surface area contributed by atoms with Crippen LogP contribution in [-0.4, -0.2) is 54.1 Å². The molecule has 0 radical (unpaired) electrons. The zero-order valence-corrected chi connectivity index (χ0v) is 13.4. The van der Waals surface area contributed by atoms with Crippen LogP contribution in [0.15, 0.2) is 22.7 Å².